The lowest BCUT2D eigenvalue weighted by atomic mass is 10.1. The van der Waals surface area contributed by atoms with Gasteiger partial charge in [0.05, 0.1) is 18.4 Å². The molecule has 0 atom stereocenters. The maximum atomic E-state index is 13.1. The zero-order valence-corrected chi connectivity index (χ0v) is 7.78. The van der Waals surface area contributed by atoms with Crippen molar-refractivity contribution in [1.82, 2.24) is 0 Å². The van der Waals surface area contributed by atoms with E-state index >= 15 is 0 Å². The summed E-state index contributed by atoms with van der Waals surface area (Å²) >= 11 is 0. The number of phenols is 1. The molecule has 1 aromatic rings. The van der Waals surface area contributed by atoms with E-state index in [1.54, 1.807) is 0 Å². The van der Waals surface area contributed by atoms with Gasteiger partial charge in [-0.25, -0.2) is 9.18 Å². The van der Waals surface area contributed by atoms with Crippen LogP contribution in [0.4, 0.5) is 10.1 Å². The summed E-state index contributed by atoms with van der Waals surface area (Å²) in [5, 5.41) is 11.3. The first kappa shape index (κ1) is 11.0. The Bertz CT molecular complexity index is 405. The fourth-order valence-electron chi connectivity index (χ4n) is 1.01. The minimum atomic E-state index is -0.921. The Kier molecular flexibility index (Phi) is 3.22. The molecule has 2 N–H and O–H groups in total. The lowest BCUT2D eigenvalue weighted by molar-refractivity contribution is -0.105. The normalized spacial score (nSPS) is 9.47. The van der Waals surface area contributed by atoms with Crippen LogP contribution in [0.5, 0.6) is 5.75 Å². The summed E-state index contributed by atoms with van der Waals surface area (Å²) in [6.07, 6.45) is 0.300. The average Bonchev–Trinajstić information content (AvgIpc) is 2.21. The second-order valence-electron chi connectivity index (χ2n) is 2.60. The molecule has 0 fully saturated rings. The molecule has 0 saturated carbocycles. The molecule has 0 radical (unpaired) electrons. The van der Waals surface area contributed by atoms with Crippen LogP contribution in [0.3, 0.4) is 0 Å². The number of hydrogen-bond acceptors (Lipinski definition) is 4. The van der Waals surface area contributed by atoms with Crippen molar-refractivity contribution in [3.63, 3.8) is 0 Å². The molecule has 0 spiro atoms. The average molecular weight is 213 g/mol. The molecular weight excluding hydrogens is 205 g/mol. The molecule has 0 saturated heterocycles. The summed E-state index contributed by atoms with van der Waals surface area (Å²) in [7, 11) is 1.10. The molecule has 5 nitrogen and oxygen atoms in total. The van der Waals surface area contributed by atoms with Crippen molar-refractivity contribution >= 4 is 18.1 Å². The molecule has 0 bridgehead atoms. The Morgan fingerprint density at radius 1 is 1.60 bits per heavy atom. The van der Waals surface area contributed by atoms with Gasteiger partial charge in [-0.15, -0.1) is 0 Å². The van der Waals surface area contributed by atoms with E-state index in [9.17, 15) is 19.1 Å². The van der Waals surface area contributed by atoms with Crippen LogP contribution < -0.4 is 5.32 Å². The highest BCUT2D eigenvalue weighted by atomic mass is 19.1. The van der Waals surface area contributed by atoms with Crippen molar-refractivity contribution in [2.75, 3.05) is 12.4 Å². The number of nitrogens with one attached hydrogen (secondary N) is 1. The second-order valence-corrected chi connectivity index (χ2v) is 2.60. The van der Waals surface area contributed by atoms with Gasteiger partial charge in [-0.05, 0) is 6.07 Å². The Morgan fingerprint density at radius 3 is 2.80 bits per heavy atom. The van der Waals surface area contributed by atoms with Gasteiger partial charge in [0, 0.05) is 6.07 Å². The number of halogens is 1. The minimum absolute atomic E-state index is 0.0631. The van der Waals surface area contributed by atoms with Crippen LogP contribution in [-0.4, -0.2) is 24.6 Å². The Balaban J connectivity index is 3.22. The molecule has 0 aliphatic rings. The lowest BCUT2D eigenvalue weighted by Gasteiger charge is -2.06. The van der Waals surface area contributed by atoms with E-state index in [0.29, 0.717) is 6.41 Å². The highest BCUT2D eigenvalue weighted by Gasteiger charge is 2.15. The fourth-order valence-corrected chi connectivity index (χ4v) is 1.01. The fraction of sp³-hybridized carbons (Fsp3) is 0.111. The topological polar surface area (TPSA) is 75.6 Å². The summed E-state index contributed by atoms with van der Waals surface area (Å²) in [6, 6.07) is 1.71. The first-order valence-electron chi connectivity index (χ1n) is 3.91. The number of phenolic OH excluding ortho intramolecular Hbond substituents is 1. The van der Waals surface area contributed by atoms with Gasteiger partial charge in [0.2, 0.25) is 6.41 Å². The third-order valence-corrected chi connectivity index (χ3v) is 1.71. The number of methoxy groups -OCH3 is 1. The largest absolute Gasteiger partial charge is 0.506 e. The third-order valence-electron chi connectivity index (χ3n) is 1.71. The first-order valence-corrected chi connectivity index (χ1v) is 3.91. The van der Waals surface area contributed by atoms with Gasteiger partial charge in [0.25, 0.3) is 0 Å². The van der Waals surface area contributed by atoms with Crippen LogP contribution in [0.1, 0.15) is 10.4 Å². The molecule has 80 valence electrons. The molecule has 0 aliphatic heterocycles. The van der Waals surface area contributed by atoms with Crippen LogP contribution >= 0.6 is 0 Å². The number of ether oxygens (including phenoxy) is 1. The zero-order valence-electron chi connectivity index (χ0n) is 7.78. The minimum Gasteiger partial charge on any atom is -0.506 e. The molecule has 15 heavy (non-hydrogen) atoms. The molecule has 0 aliphatic carbocycles. The molecule has 1 amide bonds. The van der Waals surface area contributed by atoms with E-state index in [-0.39, 0.29) is 11.3 Å². The number of carbonyl (C=O) groups is 2. The lowest BCUT2D eigenvalue weighted by Crippen LogP contribution is -2.06. The SMILES string of the molecule is COC(=O)c1cc(NC=O)c(O)cc1F. The van der Waals surface area contributed by atoms with Gasteiger partial charge in [0.15, 0.2) is 0 Å². The van der Waals surface area contributed by atoms with Crippen molar-refractivity contribution in [3.05, 3.63) is 23.5 Å². The van der Waals surface area contributed by atoms with Gasteiger partial charge < -0.3 is 15.2 Å². The van der Waals surface area contributed by atoms with E-state index in [2.05, 4.69) is 10.1 Å². The number of amides is 1. The van der Waals surface area contributed by atoms with E-state index in [4.69, 9.17) is 0 Å². The first-order chi connectivity index (χ1) is 7.10. The Morgan fingerprint density at radius 2 is 2.27 bits per heavy atom. The highest BCUT2D eigenvalue weighted by molar-refractivity contribution is 5.92. The number of esters is 1. The molecule has 0 aromatic heterocycles. The summed E-state index contributed by atoms with van der Waals surface area (Å²) in [6.45, 7) is 0. The standard InChI is InChI=1S/C9H8FNO4/c1-15-9(14)5-2-7(11-4-12)8(13)3-6(5)10/h2-4,13H,1H3,(H,11,12). The van der Waals surface area contributed by atoms with Crippen LogP contribution in [0, 0.1) is 5.82 Å². The number of aromatic hydroxyl groups is 1. The second kappa shape index (κ2) is 4.41. The molecular formula is C9H8FNO4. The van der Waals surface area contributed by atoms with Crippen LogP contribution in [-0.2, 0) is 9.53 Å². The monoisotopic (exact) mass is 213 g/mol. The van der Waals surface area contributed by atoms with Crippen LogP contribution in [0.2, 0.25) is 0 Å². The van der Waals surface area contributed by atoms with Gasteiger partial charge in [-0.2, -0.15) is 0 Å². The predicted molar refractivity (Wildman–Crippen MR) is 49.1 cm³/mol. The molecule has 1 rings (SSSR count). The predicted octanol–water partition coefficient (Wildman–Crippen LogP) is 0.886. The maximum absolute atomic E-state index is 13.1. The smallest absolute Gasteiger partial charge is 0.340 e. The highest BCUT2D eigenvalue weighted by Crippen LogP contribution is 2.26. The summed E-state index contributed by atoms with van der Waals surface area (Å²) < 4.78 is 17.4. The Hall–Kier alpha value is -2.11. The van der Waals surface area contributed by atoms with Gasteiger partial charge in [0.1, 0.15) is 11.6 Å². The zero-order chi connectivity index (χ0) is 11.4. The van der Waals surface area contributed by atoms with E-state index in [1.165, 1.54) is 0 Å². The van der Waals surface area contributed by atoms with Crippen LogP contribution in [0.15, 0.2) is 12.1 Å². The van der Waals surface area contributed by atoms with Crippen molar-refractivity contribution in [2.24, 2.45) is 0 Å². The number of rotatable bonds is 3. The summed E-state index contributed by atoms with van der Waals surface area (Å²) in [5.74, 6) is -2.27. The van der Waals surface area contributed by atoms with Crippen molar-refractivity contribution in [2.45, 2.75) is 0 Å². The summed E-state index contributed by atoms with van der Waals surface area (Å²) in [4.78, 5) is 21.2. The number of benzene rings is 1. The van der Waals surface area contributed by atoms with E-state index in [0.717, 1.165) is 19.2 Å². The summed E-state index contributed by atoms with van der Waals surface area (Å²) in [5.41, 5.74) is -0.425. The number of carbonyl (C=O) groups excluding carboxylic acids is 2. The van der Waals surface area contributed by atoms with E-state index < -0.39 is 17.5 Å². The van der Waals surface area contributed by atoms with Gasteiger partial charge in [-0.1, -0.05) is 0 Å². The third kappa shape index (κ3) is 2.22. The van der Waals surface area contributed by atoms with Crippen molar-refractivity contribution < 1.29 is 23.8 Å². The van der Waals surface area contributed by atoms with E-state index in [1.807, 2.05) is 0 Å². The van der Waals surface area contributed by atoms with Crippen molar-refractivity contribution in [3.8, 4) is 5.75 Å². The van der Waals surface area contributed by atoms with Crippen LogP contribution in [0.25, 0.3) is 0 Å². The molecule has 1 aromatic carbocycles. The molecule has 0 heterocycles. The van der Waals surface area contributed by atoms with Gasteiger partial charge in [-0.3, -0.25) is 4.79 Å². The maximum Gasteiger partial charge on any atom is 0.340 e. The Labute approximate surface area is 84.5 Å². The van der Waals surface area contributed by atoms with Gasteiger partial charge >= 0.3 is 5.97 Å². The number of anilines is 1. The number of hydrogen-bond donors (Lipinski definition) is 2. The quantitative estimate of drug-likeness (QED) is 0.444. The molecule has 6 heteroatoms. The molecule has 0 unspecified atom stereocenters. The van der Waals surface area contributed by atoms with Crippen molar-refractivity contribution in [1.29, 1.82) is 0 Å².